The third-order valence-electron chi connectivity index (χ3n) is 3.75. The van der Waals surface area contributed by atoms with Crippen LogP contribution in [0.1, 0.15) is 12.0 Å². The van der Waals surface area contributed by atoms with Gasteiger partial charge in [0.2, 0.25) is 0 Å². The molecule has 2 fully saturated rings. The molecule has 1 aromatic heterocycles. The van der Waals surface area contributed by atoms with Crippen molar-refractivity contribution in [1.29, 1.82) is 0 Å². The summed E-state index contributed by atoms with van der Waals surface area (Å²) in [7, 11) is 0. The van der Waals surface area contributed by atoms with Crippen LogP contribution < -0.4 is 10.6 Å². The summed E-state index contributed by atoms with van der Waals surface area (Å²) in [6.45, 7) is 1.70. The van der Waals surface area contributed by atoms with Crippen molar-refractivity contribution >= 4 is 11.9 Å². The molecule has 0 radical (unpaired) electrons. The highest BCUT2D eigenvalue weighted by Crippen LogP contribution is 2.24. The van der Waals surface area contributed by atoms with Gasteiger partial charge in [0.25, 0.3) is 5.91 Å². The highest BCUT2D eigenvalue weighted by atomic mass is 16.2. The first-order valence-corrected chi connectivity index (χ1v) is 6.45. The van der Waals surface area contributed by atoms with Crippen LogP contribution in [0, 0.1) is 0 Å². The van der Waals surface area contributed by atoms with Gasteiger partial charge in [-0.3, -0.25) is 14.7 Å². The van der Waals surface area contributed by atoms with Gasteiger partial charge in [-0.2, -0.15) is 0 Å². The number of nitrogens with zero attached hydrogens (tertiary/aromatic N) is 2. The molecular formula is C13H16N4O2. The Labute approximate surface area is 111 Å². The molecule has 1 atom stereocenters. The quantitative estimate of drug-likeness (QED) is 0.745. The van der Waals surface area contributed by atoms with Gasteiger partial charge in [0.1, 0.15) is 5.54 Å². The van der Waals surface area contributed by atoms with Crippen LogP contribution in [0.25, 0.3) is 0 Å². The van der Waals surface area contributed by atoms with E-state index in [1.165, 1.54) is 4.90 Å². The Morgan fingerprint density at radius 1 is 1.42 bits per heavy atom. The van der Waals surface area contributed by atoms with Gasteiger partial charge in [0.15, 0.2) is 0 Å². The van der Waals surface area contributed by atoms with Crippen molar-refractivity contribution in [2.45, 2.75) is 18.4 Å². The zero-order chi connectivity index (χ0) is 13.3. The van der Waals surface area contributed by atoms with Gasteiger partial charge in [-0.25, -0.2) is 4.79 Å². The van der Waals surface area contributed by atoms with E-state index < -0.39 is 5.54 Å². The van der Waals surface area contributed by atoms with E-state index in [0.29, 0.717) is 25.9 Å². The molecule has 0 aliphatic carbocycles. The van der Waals surface area contributed by atoms with Crippen LogP contribution in [-0.2, 0) is 11.2 Å². The predicted octanol–water partition coefficient (Wildman–Crippen LogP) is -0.0920. The Kier molecular flexibility index (Phi) is 2.94. The Morgan fingerprint density at radius 2 is 2.32 bits per heavy atom. The number of rotatable bonds is 3. The molecular weight excluding hydrogens is 244 g/mol. The van der Waals surface area contributed by atoms with E-state index in [1.807, 2.05) is 12.1 Å². The lowest BCUT2D eigenvalue weighted by Gasteiger charge is -2.19. The maximum absolute atomic E-state index is 12.3. The molecule has 2 N–H and O–H groups in total. The fourth-order valence-electron chi connectivity index (χ4n) is 2.65. The van der Waals surface area contributed by atoms with Crippen LogP contribution >= 0.6 is 0 Å². The molecule has 6 heteroatoms. The topological polar surface area (TPSA) is 74.3 Å². The van der Waals surface area contributed by atoms with Gasteiger partial charge in [0.05, 0.1) is 0 Å². The van der Waals surface area contributed by atoms with Gasteiger partial charge >= 0.3 is 6.03 Å². The first-order chi connectivity index (χ1) is 9.21. The summed E-state index contributed by atoms with van der Waals surface area (Å²) in [5.74, 6) is -0.105. The summed E-state index contributed by atoms with van der Waals surface area (Å²) in [5.41, 5.74) is 0.319. The minimum atomic E-state index is -0.702. The van der Waals surface area contributed by atoms with Crippen molar-refractivity contribution in [3.05, 3.63) is 30.1 Å². The molecule has 0 bridgehead atoms. The molecule has 0 saturated carbocycles. The van der Waals surface area contributed by atoms with E-state index in [2.05, 4.69) is 15.6 Å². The molecule has 0 aromatic carbocycles. The van der Waals surface area contributed by atoms with E-state index in [1.54, 1.807) is 12.4 Å². The van der Waals surface area contributed by atoms with Crippen LogP contribution in [0.2, 0.25) is 0 Å². The van der Waals surface area contributed by atoms with E-state index in [-0.39, 0.29) is 11.9 Å². The SMILES string of the molecule is O=C1NC2(CCNC2)C(=O)N1CCc1cccnc1. The van der Waals surface area contributed by atoms with Crippen LogP contribution in [0.3, 0.4) is 0 Å². The van der Waals surface area contributed by atoms with Crippen molar-refractivity contribution in [2.75, 3.05) is 19.6 Å². The number of urea groups is 1. The molecule has 3 amide bonds. The van der Waals surface area contributed by atoms with Crippen LogP contribution in [0.4, 0.5) is 4.79 Å². The number of carbonyl (C=O) groups excluding carboxylic acids is 2. The summed E-state index contributed by atoms with van der Waals surface area (Å²) < 4.78 is 0. The maximum atomic E-state index is 12.3. The lowest BCUT2D eigenvalue weighted by atomic mass is 9.99. The average molecular weight is 260 g/mol. The van der Waals surface area contributed by atoms with Gasteiger partial charge in [-0.05, 0) is 31.0 Å². The molecule has 1 aromatic rings. The summed E-state index contributed by atoms with van der Waals surface area (Å²) in [6.07, 6.45) is 4.76. The number of hydrogen-bond donors (Lipinski definition) is 2. The zero-order valence-corrected chi connectivity index (χ0v) is 10.6. The Balaban J connectivity index is 1.68. The molecule has 2 saturated heterocycles. The molecule has 1 unspecified atom stereocenters. The molecule has 100 valence electrons. The molecule has 3 heterocycles. The average Bonchev–Trinajstić information content (AvgIpc) is 2.97. The predicted molar refractivity (Wildman–Crippen MR) is 68.4 cm³/mol. The maximum Gasteiger partial charge on any atom is 0.325 e. The smallest absolute Gasteiger partial charge is 0.322 e. The minimum Gasteiger partial charge on any atom is -0.322 e. The highest BCUT2D eigenvalue weighted by Gasteiger charge is 2.52. The zero-order valence-electron chi connectivity index (χ0n) is 10.6. The van der Waals surface area contributed by atoms with E-state index in [4.69, 9.17) is 0 Å². The van der Waals surface area contributed by atoms with E-state index in [0.717, 1.165) is 12.1 Å². The second kappa shape index (κ2) is 4.62. The van der Waals surface area contributed by atoms with E-state index >= 15 is 0 Å². The van der Waals surface area contributed by atoms with Gasteiger partial charge in [-0.1, -0.05) is 6.07 Å². The number of hydrogen-bond acceptors (Lipinski definition) is 4. The second-order valence-electron chi connectivity index (χ2n) is 5.01. The monoisotopic (exact) mass is 260 g/mol. The molecule has 2 aliphatic heterocycles. The van der Waals surface area contributed by atoms with Crippen molar-refractivity contribution in [2.24, 2.45) is 0 Å². The lowest BCUT2D eigenvalue weighted by Crippen LogP contribution is -2.48. The first kappa shape index (κ1) is 12.1. The van der Waals surface area contributed by atoms with E-state index in [9.17, 15) is 9.59 Å². The molecule has 6 nitrogen and oxygen atoms in total. The summed E-state index contributed by atoms with van der Waals surface area (Å²) >= 11 is 0. The van der Waals surface area contributed by atoms with Crippen molar-refractivity contribution < 1.29 is 9.59 Å². The van der Waals surface area contributed by atoms with Crippen LogP contribution in [0.5, 0.6) is 0 Å². The van der Waals surface area contributed by atoms with Gasteiger partial charge in [0, 0.05) is 25.5 Å². The summed E-state index contributed by atoms with van der Waals surface area (Å²) in [6, 6.07) is 3.51. The Morgan fingerprint density at radius 3 is 3.00 bits per heavy atom. The summed E-state index contributed by atoms with van der Waals surface area (Å²) in [4.78, 5) is 29.6. The Bertz CT molecular complexity index is 497. The molecule has 19 heavy (non-hydrogen) atoms. The standard InChI is InChI=1S/C13H16N4O2/c18-11-13(4-6-15-9-13)16-12(19)17(11)7-3-10-2-1-5-14-8-10/h1-2,5,8,15H,3-4,6-7,9H2,(H,16,19). The fourth-order valence-corrected chi connectivity index (χ4v) is 2.65. The highest BCUT2D eigenvalue weighted by molar-refractivity contribution is 6.07. The summed E-state index contributed by atoms with van der Waals surface area (Å²) in [5, 5.41) is 5.95. The molecule has 2 aliphatic rings. The Hall–Kier alpha value is -1.95. The third-order valence-corrected chi connectivity index (χ3v) is 3.75. The second-order valence-corrected chi connectivity index (χ2v) is 5.01. The first-order valence-electron chi connectivity index (χ1n) is 6.45. The minimum absolute atomic E-state index is 0.105. The van der Waals surface area contributed by atoms with Gasteiger partial charge < -0.3 is 10.6 Å². The number of aromatic nitrogens is 1. The number of carbonyl (C=O) groups is 2. The van der Waals surface area contributed by atoms with Gasteiger partial charge in [-0.15, -0.1) is 0 Å². The van der Waals surface area contributed by atoms with Crippen molar-refractivity contribution in [1.82, 2.24) is 20.5 Å². The van der Waals surface area contributed by atoms with Crippen molar-refractivity contribution in [3.63, 3.8) is 0 Å². The fraction of sp³-hybridized carbons (Fsp3) is 0.462. The molecule has 3 rings (SSSR count). The largest absolute Gasteiger partial charge is 0.325 e. The lowest BCUT2D eigenvalue weighted by molar-refractivity contribution is -0.130. The molecule has 1 spiro atoms. The van der Waals surface area contributed by atoms with Crippen LogP contribution in [0.15, 0.2) is 24.5 Å². The normalized spacial score (nSPS) is 26.2. The number of imide groups is 1. The number of amides is 3. The van der Waals surface area contributed by atoms with Crippen molar-refractivity contribution in [3.8, 4) is 0 Å². The number of pyridine rings is 1. The van der Waals surface area contributed by atoms with Crippen LogP contribution in [-0.4, -0.2) is 47.0 Å². The third kappa shape index (κ3) is 2.08. The number of nitrogens with one attached hydrogen (secondary N) is 2.